The third-order valence-corrected chi connectivity index (χ3v) is 6.15. The first-order chi connectivity index (χ1) is 15.8. The Morgan fingerprint density at radius 2 is 1.12 bits per heavy atom. The molecule has 1 aromatic heterocycles. The van der Waals surface area contributed by atoms with Crippen molar-refractivity contribution in [1.82, 2.24) is 9.97 Å². The van der Waals surface area contributed by atoms with Crippen molar-refractivity contribution in [3.63, 3.8) is 0 Å². The maximum atomic E-state index is 5.86. The van der Waals surface area contributed by atoms with Crippen molar-refractivity contribution in [2.24, 2.45) is 0 Å². The lowest BCUT2D eigenvalue weighted by Gasteiger charge is -2.07. The van der Waals surface area contributed by atoms with Gasteiger partial charge in [0, 0.05) is 24.6 Å². The van der Waals surface area contributed by atoms with Gasteiger partial charge in [0.1, 0.15) is 0 Å². The SMILES string of the molecule is CCCCCCCCCCOCc1ccc(-c2ncc(CCCCCCCC)cn2)cc1. The largest absolute Gasteiger partial charge is 0.377 e. The number of aryl methyl sites for hydroxylation is 1. The van der Waals surface area contributed by atoms with Crippen LogP contribution in [0.25, 0.3) is 11.4 Å². The molecule has 0 radical (unpaired) electrons. The minimum absolute atomic E-state index is 0.689. The quantitative estimate of drug-likeness (QED) is 0.206. The van der Waals surface area contributed by atoms with E-state index >= 15 is 0 Å². The fourth-order valence-electron chi connectivity index (χ4n) is 4.02. The van der Waals surface area contributed by atoms with Crippen molar-refractivity contribution in [1.29, 1.82) is 0 Å². The zero-order chi connectivity index (χ0) is 22.7. The van der Waals surface area contributed by atoms with E-state index in [4.69, 9.17) is 4.74 Å². The number of ether oxygens (including phenoxy) is 1. The molecule has 3 nitrogen and oxygen atoms in total. The minimum Gasteiger partial charge on any atom is -0.377 e. The van der Waals surface area contributed by atoms with E-state index < -0.39 is 0 Å². The molecule has 3 heteroatoms. The molecule has 2 rings (SSSR count). The molecular weight excluding hydrogens is 392 g/mol. The first kappa shape index (κ1) is 26.5. The predicted molar refractivity (Wildman–Crippen MR) is 137 cm³/mol. The van der Waals surface area contributed by atoms with Crippen LogP contribution in [0.15, 0.2) is 36.7 Å². The van der Waals surface area contributed by atoms with Crippen LogP contribution in [-0.2, 0) is 17.8 Å². The van der Waals surface area contributed by atoms with E-state index in [9.17, 15) is 0 Å². The molecule has 32 heavy (non-hydrogen) atoms. The Balaban J connectivity index is 1.59. The first-order valence-corrected chi connectivity index (χ1v) is 13.3. The maximum Gasteiger partial charge on any atom is 0.159 e. The molecule has 0 spiro atoms. The molecule has 0 N–H and O–H groups in total. The molecule has 0 aliphatic carbocycles. The summed E-state index contributed by atoms with van der Waals surface area (Å²) in [4.78, 5) is 9.18. The van der Waals surface area contributed by atoms with Crippen LogP contribution in [0.2, 0.25) is 0 Å². The number of unbranched alkanes of at least 4 members (excludes halogenated alkanes) is 12. The Hall–Kier alpha value is -1.74. The van der Waals surface area contributed by atoms with Gasteiger partial charge in [-0.15, -0.1) is 0 Å². The van der Waals surface area contributed by atoms with Crippen LogP contribution >= 0.6 is 0 Å². The number of benzene rings is 1. The van der Waals surface area contributed by atoms with E-state index in [0.29, 0.717) is 6.61 Å². The van der Waals surface area contributed by atoms with Gasteiger partial charge in [0.2, 0.25) is 0 Å². The Morgan fingerprint density at radius 1 is 0.594 bits per heavy atom. The Labute approximate surface area is 197 Å². The van der Waals surface area contributed by atoms with Crippen LogP contribution in [0.4, 0.5) is 0 Å². The predicted octanol–water partition coefficient (Wildman–Crippen LogP) is 8.70. The lowest BCUT2D eigenvalue weighted by molar-refractivity contribution is 0.116. The molecule has 178 valence electrons. The summed E-state index contributed by atoms with van der Waals surface area (Å²) in [6.07, 6.45) is 23.7. The fourth-order valence-corrected chi connectivity index (χ4v) is 4.02. The lowest BCUT2D eigenvalue weighted by atomic mass is 10.1. The summed E-state index contributed by atoms with van der Waals surface area (Å²) in [5.74, 6) is 0.808. The Bertz CT molecular complexity index is 681. The van der Waals surface area contributed by atoms with Crippen molar-refractivity contribution in [3.8, 4) is 11.4 Å². The summed E-state index contributed by atoms with van der Waals surface area (Å²) in [7, 11) is 0. The standard InChI is InChI=1S/C29H46N2O/c1-3-5-7-9-11-12-14-16-22-32-25-26-18-20-28(21-19-26)29-30-23-27(24-31-29)17-15-13-10-8-6-4-2/h18-21,23-24H,3-17,22,25H2,1-2H3. The number of aromatic nitrogens is 2. The summed E-state index contributed by atoms with van der Waals surface area (Å²) in [6.45, 7) is 6.08. The summed E-state index contributed by atoms with van der Waals surface area (Å²) in [5.41, 5.74) is 3.53. The van der Waals surface area contributed by atoms with E-state index in [1.807, 2.05) is 12.4 Å². The van der Waals surface area contributed by atoms with Gasteiger partial charge in [-0.2, -0.15) is 0 Å². The van der Waals surface area contributed by atoms with E-state index in [0.717, 1.165) is 24.4 Å². The van der Waals surface area contributed by atoms with Crippen molar-refractivity contribution >= 4 is 0 Å². The van der Waals surface area contributed by atoms with Crippen LogP contribution in [0, 0.1) is 0 Å². The second-order valence-electron chi connectivity index (χ2n) is 9.16. The van der Waals surface area contributed by atoms with Gasteiger partial charge in [-0.1, -0.05) is 115 Å². The molecule has 0 fully saturated rings. The lowest BCUT2D eigenvalue weighted by Crippen LogP contribution is -1.96. The second kappa shape index (κ2) is 17.8. The van der Waals surface area contributed by atoms with E-state index in [2.05, 4.69) is 48.1 Å². The highest BCUT2D eigenvalue weighted by molar-refractivity contribution is 5.55. The van der Waals surface area contributed by atoms with E-state index in [-0.39, 0.29) is 0 Å². The van der Waals surface area contributed by atoms with Crippen LogP contribution in [0.5, 0.6) is 0 Å². The van der Waals surface area contributed by atoms with Crippen LogP contribution in [0.1, 0.15) is 115 Å². The zero-order valence-electron chi connectivity index (χ0n) is 20.8. The molecule has 0 unspecified atom stereocenters. The third kappa shape index (κ3) is 11.8. The average Bonchev–Trinajstić information content (AvgIpc) is 2.83. The summed E-state index contributed by atoms with van der Waals surface area (Å²) in [5, 5.41) is 0. The topological polar surface area (TPSA) is 35.0 Å². The van der Waals surface area contributed by atoms with Gasteiger partial charge in [0.25, 0.3) is 0 Å². The smallest absolute Gasteiger partial charge is 0.159 e. The molecule has 1 heterocycles. The van der Waals surface area contributed by atoms with Gasteiger partial charge in [-0.25, -0.2) is 9.97 Å². The molecular formula is C29H46N2O. The van der Waals surface area contributed by atoms with Gasteiger partial charge < -0.3 is 4.74 Å². The van der Waals surface area contributed by atoms with E-state index in [1.165, 1.54) is 101 Å². The molecule has 2 aromatic rings. The van der Waals surface area contributed by atoms with Gasteiger partial charge >= 0.3 is 0 Å². The van der Waals surface area contributed by atoms with Crippen molar-refractivity contribution in [2.75, 3.05) is 6.61 Å². The average molecular weight is 439 g/mol. The van der Waals surface area contributed by atoms with Crippen molar-refractivity contribution < 1.29 is 4.74 Å². The molecule has 0 saturated heterocycles. The molecule has 0 atom stereocenters. The summed E-state index contributed by atoms with van der Waals surface area (Å²) in [6, 6.07) is 8.49. The highest BCUT2D eigenvalue weighted by Crippen LogP contribution is 2.17. The fraction of sp³-hybridized carbons (Fsp3) is 0.655. The highest BCUT2D eigenvalue weighted by Gasteiger charge is 2.03. The summed E-state index contributed by atoms with van der Waals surface area (Å²) >= 11 is 0. The minimum atomic E-state index is 0.689. The molecule has 0 saturated carbocycles. The second-order valence-corrected chi connectivity index (χ2v) is 9.16. The van der Waals surface area contributed by atoms with Gasteiger partial charge in [0.05, 0.1) is 6.61 Å². The Kier molecular flexibility index (Phi) is 14.7. The van der Waals surface area contributed by atoms with Gasteiger partial charge in [-0.05, 0) is 30.4 Å². The van der Waals surface area contributed by atoms with Crippen LogP contribution in [0.3, 0.4) is 0 Å². The third-order valence-electron chi connectivity index (χ3n) is 6.15. The number of rotatable bonds is 19. The zero-order valence-corrected chi connectivity index (χ0v) is 20.8. The Morgan fingerprint density at radius 3 is 1.72 bits per heavy atom. The molecule has 0 aliphatic rings. The van der Waals surface area contributed by atoms with Crippen LogP contribution in [-0.4, -0.2) is 16.6 Å². The summed E-state index contributed by atoms with van der Waals surface area (Å²) < 4.78 is 5.86. The molecule has 1 aromatic carbocycles. The number of hydrogen-bond donors (Lipinski definition) is 0. The number of hydrogen-bond acceptors (Lipinski definition) is 3. The highest BCUT2D eigenvalue weighted by atomic mass is 16.5. The normalized spacial score (nSPS) is 11.2. The monoisotopic (exact) mass is 438 g/mol. The molecule has 0 amide bonds. The number of nitrogens with zero attached hydrogens (tertiary/aromatic N) is 2. The van der Waals surface area contributed by atoms with Gasteiger partial charge in [-0.3, -0.25) is 0 Å². The van der Waals surface area contributed by atoms with Crippen molar-refractivity contribution in [3.05, 3.63) is 47.8 Å². The first-order valence-electron chi connectivity index (χ1n) is 13.3. The van der Waals surface area contributed by atoms with Gasteiger partial charge in [0.15, 0.2) is 5.82 Å². The molecule has 0 bridgehead atoms. The van der Waals surface area contributed by atoms with Crippen molar-refractivity contribution in [2.45, 2.75) is 117 Å². The molecule has 0 aliphatic heterocycles. The van der Waals surface area contributed by atoms with E-state index in [1.54, 1.807) is 0 Å². The van der Waals surface area contributed by atoms with Crippen LogP contribution < -0.4 is 0 Å². The maximum absolute atomic E-state index is 5.86.